The van der Waals surface area contributed by atoms with Crippen molar-refractivity contribution in [1.29, 1.82) is 0 Å². The molecular weight excluding hydrogens is 242 g/mol. The highest BCUT2D eigenvalue weighted by molar-refractivity contribution is 7.17. The molecule has 88 valence electrons. The number of pyridine rings is 1. The minimum atomic E-state index is 0.127. The summed E-state index contributed by atoms with van der Waals surface area (Å²) < 4.78 is 1.07. The van der Waals surface area contributed by atoms with Gasteiger partial charge >= 0.3 is 0 Å². The molecule has 0 fully saturated rings. The summed E-state index contributed by atoms with van der Waals surface area (Å²) in [5.74, 6) is 0.127. The van der Waals surface area contributed by atoms with E-state index in [1.165, 1.54) is 0 Å². The summed E-state index contributed by atoms with van der Waals surface area (Å²) in [5, 5.41) is 3.15. The van der Waals surface area contributed by atoms with Crippen LogP contribution in [0.25, 0.3) is 10.1 Å². The molecule has 0 spiro atoms. The largest absolute Gasteiger partial charge is 0.294 e. The lowest BCUT2D eigenvalue weighted by molar-refractivity contribution is 0.0993. The molecule has 3 rings (SSSR count). The molecule has 0 atom stereocenters. The normalized spacial score (nSPS) is 10.7. The molecule has 1 aromatic carbocycles. The number of carbonyl (C=O) groups is 1. The van der Waals surface area contributed by atoms with Crippen molar-refractivity contribution in [3.8, 4) is 0 Å². The molecule has 3 heteroatoms. The molecule has 0 bridgehead atoms. The number of benzene rings is 1. The molecule has 0 saturated carbocycles. The summed E-state index contributed by atoms with van der Waals surface area (Å²) in [5.41, 5.74) is 1.62. The van der Waals surface area contributed by atoms with Crippen molar-refractivity contribution in [3.05, 3.63) is 65.3 Å². The zero-order valence-corrected chi connectivity index (χ0v) is 10.5. The van der Waals surface area contributed by atoms with Gasteiger partial charge in [-0.2, -0.15) is 0 Å². The molecule has 18 heavy (non-hydrogen) atoms. The Bertz CT molecular complexity index is 688. The van der Waals surface area contributed by atoms with Crippen molar-refractivity contribution in [2.75, 3.05) is 0 Å². The van der Waals surface area contributed by atoms with Crippen LogP contribution >= 0.6 is 11.3 Å². The van der Waals surface area contributed by atoms with Gasteiger partial charge in [0.1, 0.15) is 0 Å². The molecule has 0 N–H and O–H groups in total. The molecule has 0 aliphatic carbocycles. The fourth-order valence-electron chi connectivity index (χ4n) is 1.98. The Morgan fingerprint density at radius 1 is 1.11 bits per heavy atom. The zero-order valence-electron chi connectivity index (χ0n) is 9.67. The van der Waals surface area contributed by atoms with Crippen molar-refractivity contribution >= 4 is 27.2 Å². The monoisotopic (exact) mass is 253 g/mol. The highest BCUT2D eigenvalue weighted by Gasteiger charge is 2.11. The van der Waals surface area contributed by atoms with E-state index in [-0.39, 0.29) is 5.78 Å². The molecule has 3 aromatic rings. The van der Waals surface area contributed by atoms with Gasteiger partial charge in [-0.25, -0.2) is 0 Å². The molecule has 0 saturated heterocycles. The lowest BCUT2D eigenvalue weighted by atomic mass is 10.0. The maximum Gasteiger partial charge on any atom is 0.170 e. The summed E-state index contributed by atoms with van der Waals surface area (Å²) in [6.45, 7) is 0. The van der Waals surface area contributed by atoms with Crippen LogP contribution in [0, 0.1) is 0 Å². The number of thiophene rings is 1. The van der Waals surface area contributed by atoms with E-state index in [2.05, 4.69) is 4.98 Å². The van der Waals surface area contributed by atoms with E-state index in [4.69, 9.17) is 0 Å². The van der Waals surface area contributed by atoms with E-state index in [0.29, 0.717) is 6.42 Å². The Balaban J connectivity index is 1.95. The fraction of sp³-hybridized carbons (Fsp3) is 0.0667. The number of Topliss-reactive ketones (excluding diaryl/α,β-unsaturated/α-hetero) is 1. The number of rotatable bonds is 3. The van der Waals surface area contributed by atoms with Crippen LogP contribution in [0.1, 0.15) is 16.1 Å². The Morgan fingerprint density at radius 2 is 2.06 bits per heavy atom. The maximum atomic E-state index is 12.3. The Labute approximate surface area is 109 Å². The predicted octanol–water partition coefficient (Wildman–Crippen LogP) is 3.72. The highest BCUT2D eigenvalue weighted by atomic mass is 32.1. The van der Waals surface area contributed by atoms with Crippen LogP contribution in [0.5, 0.6) is 0 Å². The van der Waals surface area contributed by atoms with E-state index < -0.39 is 0 Å². The Hall–Kier alpha value is -2.00. The Morgan fingerprint density at radius 3 is 2.89 bits per heavy atom. The van der Waals surface area contributed by atoms with Gasteiger partial charge in [0.25, 0.3) is 0 Å². The predicted molar refractivity (Wildman–Crippen MR) is 74.1 cm³/mol. The van der Waals surface area contributed by atoms with Crippen LogP contribution < -0.4 is 0 Å². The standard InChI is InChI=1S/C15H11NOS/c17-14(10-12-5-1-2-8-16-12)13-6-3-4-11-7-9-18-15(11)13/h1-9H,10H2. The van der Waals surface area contributed by atoms with Crippen LogP contribution in [0.3, 0.4) is 0 Å². The summed E-state index contributed by atoms with van der Waals surface area (Å²) >= 11 is 1.61. The Kier molecular flexibility index (Phi) is 2.90. The first kappa shape index (κ1) is 11.1. The van der Waals surface area contributed by atoms with Crippen LogP contribution in [0.2, 0.25) is 0 Å². The summed E-state index contributed by atoms with van der Waals surface area (Å²) in [4.78, 5) is 16.5. The number of hydrogen-bond acceptors (Lipinski definition) is 3. The molecule has 0 amide bonds. The average Bonchev–Trinajstić information content (AvgIpc) is 2.87. The number of aromatic nitrogens is 1. The van der Waals surface area contributed by atoms with Gasteiger partial charge in [0.15, 0.2) is 5.78 Å². The molecule has 2 heterocycles. The van der Waals surface area contributed by atoms with E-state index in [9.17, 15) is 4.79 Å². The second-order valence-electron chi connectivity index (χ2n) is 4.07. The van der Waals surface area contributed by atoms with Crippen LogP contribution in [0.15, 0.2) is 54.0 Å². The van der Waals surface area contributed by atoms with Gasteiger partial charge in [-0.15, -0.1) is 11.3 Å². The second kappa shape index (κ2) is 4.70. The highest BCUT2D eigenvalue weighted by Crippen LogP contribution is 2.25. The topological polar surface area (TPSA) is 30.0 Å². The van der Waals surface area contributed by atoms with Crippen LogP contribution in [0.4, 0.5) is 0 Å². The molecule has 2 nitrogen and oxygen atoms in total. The number of fused-ring (bicyclic) bond motifs is 1. The lowest BCUT2D eigenvalue weighted by Gasteiger charge is -2.02. The molecule has 0 radical (unpaired) electrons. The third-order valence-electron chi connectivity index (χ3n) is 2.85. The van der Waals surface area contributed by atoms with Gasteiger partial charge in [0, 0.05) is 22.2 Å². The molecular formula is C15H11NOS. The number of ketones is 1. The van der Waals surface area contributed by atoms with Crippen LogP contribution in [-0.2, 0) is 6.42 Å². The average molecular weight is 253 g/mol. The third-order valence-corrected chi connectivity index (χ3v) is 3.81. The SMILES string of the molecule is O=C(Cc1ccccn1)c1cccc2ccsc12. The van der Waals surface area contributed by atoms with Crippen LogP contribution in [-0.4, -0.2) is 10.8 Å². The molecule has 0 aliphatic heterocycles. The van der Waals surface area contributed by atoms with Crippen molar-refractivity contribution in [2.45, 2.75) is 6.42 Å². The smallest absolute Gasteiger partial charge is 0.170 e. The van der Waals surface area contributed by atoms with Gasteiger partial charge < -0.3 is 0 Å². The van der Waals surface area contributed by atoms with Crippen molar-refractivity contribution in [3.63, 3.8) is 0 Å². The number of hydrogen-bond donors (Lipinski definition) is 0. The van der Waals surface area contributed by atoms with Crippen molar-refractivity contribution in [2.24, 2.45) is 0 Å². The molecule has 0 aliphatic rings. The van der Waals surface area contributed by atoms with E-state index >= 15 is 0 Å². The zero-order chi connectivity index (χ0) is 12.4. The van der Waals surface area contributed by atoms with Gasteiger partial charge in [-0.1, -0.05) is 18.2 Å². The first-order valence-corrected chi connectivity index (χ1v) is 6.62. The number of carbonyl (C=O) groups excluding carboxylic acids is 1. The molecule has 0 unspecified atom stereocenters. The van der Waals surface area contributed by atoms with E-state index in [0.717, 1.165) is 21.3 Å². The minimum Gasteiger partial charge on any atom is -0.294 e. The summed E-state index contributed by atoms with van der Waals surface area (Å²) in [7, 11) is 0. The van der Waals surface area contributed by atoms with Gasteiger partial charge in [0.2, 0.25) is 0 Å². The molecule has 2 aromatic heterocycles. The van der Waals surface area contributed by atoms with E-state index in [1.807, 2.05) is 47.8 Å². The van der Waals surface area contributed by atoms with Gasteiger partial charge in [0.05, 0.1) is 6.42 Å². The second-order valence-corrected chi connectivity index (χ2v) is 4.98. The first-order chi connectivity index (χ1) is 8.84. The van der Waals surface area contributed by atoms with Crippen molar-refractivity contribution in [1.82, 2.24) is 4.98 Å². The quantitative estimate of drug-likeness (QED) is 0.666. The lowest BCUT2D eigenvalue weighted by Crippen LogP contribution is -2.04. The minimum absolute atomic E-state index is 0.127. The third kappa shape index (κ3) is 2.05. The summed E-state index contributed by atoms with van der Waals surface area (Å²) in [6.07, 6.45) is 2.08. The van der Waals surface area contributed by atoms with Gasteiger partial charge in [-0.05, 0) is 35.0 Å². The van der Waals surface area contributed by atoms with Crippen molar-refractivity contribution < 1.29 is 4.79 Å². The van der Waals surface area contributed by atoms with E-state index in [1.54, 1.807) is 17.5 Å². The summed E-state index contributed by atoms with van der Waals surface area (Å²) in [6, 6.07) is 13.5. The van der Waals surface area contributed by atoms with Gasteiger partial charge in [-0.3, -0.25) is 9.78 Å². The first-order valence-electron chi connectivity index (χ1n) is 5.74. The maximum absolute atomic E-state index is 12.3. The number of nitrogens with zero attached hydrogens (tertiary/aromatic N) is 1. The fourth-order valence-corrected chi connectivity index (χ4v) is 2.91.